The summed E-state index contributed by atoms with van der Waals surface area (Å²) in [4.78, 5) is 11.4. The molecular weight excluding hydrogens is 224 g/mol. The van der Waals surface area contributed by atoms with Crippen molar-refractivity contribution in [2.75, 3.05) is 11.4 Å². The zero-order valence-electron chi connectivity index (χ0n) is 11.1. The quantitative estimate of drug-likeness (QED) is 0.800. The van der Waals surface area contributed by atoms with Crippen molar-refractivity contribution in [3.05, 3.63) is 18.0 Å². The molecule has 1 heterocycles. The van der Waals surface area contributed by atoms with E-state index in [1.165, 1.54) is 31.2 Å². The second-order valence-electron chi connectivity index (χ2n) is 5.47. The average molecular weight is 246 g/mol. The molecule has 0 aromatic carbocycles. The fraction of sp³-hybridized carbons (Fsp3) is 0.714. The second-order valence-corrected chi connectivity index (χ2v) is 5.47. The van der Waals surface area contributed by atoms with Gasteiger partial charge in [0.05, 0.1) is 0 Å². The number of hydrogen-bond acceptors (Lipinski definition) is 4. The summed E-state index contributed by atoms with van der Waals surface area (Å²) in [5.41, 5.74) is 1.19. The molecule has 0 aliphatic heterocycles. The number of hydrogen-bond donors (Lipinski definition) is 1. The van der Waals surface area contributed by atoms with Crippen LogP contribution in [-0.4, -0.2) is 28.6 Å². The van der Waals surface area contributed by atoms with Crippen LogP contribution in [0, 0.1) is 0 Å². The van der Waals surface area contributed by atoms with Crippen LogP contribution in [0.4, 0.5) is 5.95 Å². The molecule has 3 rings (SSSR count). The fourth-order valence-corrected chi connectivity index (χ4v) is 2.21. The molecule has 0 spiro atoms. The molecule has 4 heteroatoms. The molecule has 1 aromatic heterocycles. The predicted molar refractivity (Wildman–Crippen MR) is 72.6 cm³/mol. The summed E-state index contributed by atoms with van der Waals surface area (Å²) in [6, 6.07) is 1.44. The monoisotopic (exact) mass is 246 g/mol. The smallest absolute Gasteiger partial charge is 0.225 e. The Hall–Kier alpha value is -1.16. The summed E-state index contributed by atoms with van der Waals surface area (Å²) >= 11 is 0. The number of rotatable bonds is 7. The highest BCUT2D eigenvalue weighted by molar-refractivity contribution is 5.33. The lowest BCUT2D eigenvalue weighted by atomic mass is 10.3. The average Bonchev–Trinajstić information content (AvgIpc) is 3.28. The van der Waals surface area contributed by atoms with Crippen LogP contribution >= 0.6 is 0 Å². The maximum absolute atomic E-state index is 4.53. The summed E-state index contributed by atoms with van der Waals surface area (Å²) in [5, 5.41) is 3.49. The third-order valence-corrected chi connectivity index (χ3v) is 3.57. The Bertz CT molecular complexity index is 381. The maximum atomic E-state index is 4.53. The lowest BCUT2D eigenvalue weighted by Gasteiger charge is -2.21. The predicted octanol–water partition coefficient (Wildman–Crippen LogP) is 2.11. The molecule has 0 radical (unpaired) electrons. The molecule has 0 atom stereocenters. The number of nitrogens with one attached hydrogen (secondary N) is 1. The highest BCUT2D eigenvalue weighted by Crippen LogP contribution is 2.29. The van der Waals surface area contributed by atoms with E-state index in [-0.39, 0.29) is 0 Å². The minimum atomic E-state index is 0.695. The van der Waals surface area contributed by atoms with Crippen LogP contribution in [0.5, 0.6) is 0 Å². The first-order valence-corrected chi connectivity index (χ1v) is 7.17. The normalized spacial score (nSPS) is 18.9. The highest BCUT2D eigenvalue weighted by Gasteiger charge is 2.30. The van der Waals surface area contributed by atoms with Gasteiger partial charge in [0.2, 0.25) is 5.95 Å². The molecule has 18 heavy (non-hydrogen) atoms. The van der Waals surface area contributed by atoms with Gasteiger partial charge in [-0.05, 0) is 32.1 Å². The van der Waals surface area contributed by atoms with Gasteiger partial charge < -0.3 is 10.2 Å². The molecule has 0 unspecified atom stereocenters. The van der Waals surface area contributed by atoms with Crippen LogP contribution in [0.1, 0.15) is 44.6 Å². The Balaban J connectivity index is 1.60. The first-order chi connectivity index (χ1) is 8.86. The molecule has 0 bridgehead atoms. The molecule has 2 aliphatic carbocycles. The topological polar surface area (TPSA) is 41.1 Å². The molecule has 1 N–H and O–H groups in total. The van der Waals surface area contributed by atoms with Gasteiger partial charge in [0.25, 0.3) is 0 Å². The highest BCUT2D eigenvalue weighted by atomic mass is 15.3. The SMILES string of the molecule is CCCN(c1ncc(CNC2CC2)cn1)C1CC1. The van der Waals surface area contributed by atoms with E-state index in [2.05, 4.69) is 27.1 Å². The van der Waals surface area contributed by atoms with Gasteiger partial charge >= 0.3 is 0 Å². The number of anilines is 1. The van der Waals surface area contributed by atoms with Gasteiger partial charge in [-0.2, -0.15) is 0 Å². The van der Waals surface area contributed by atoms with Crippen LogP contribution in [0.3, 0.4) is 0 Å². The fourth-order valence-electron chi connectivity index (χ4n) is 2.21. The molecular formula is C14H22N4. The van der Waals surface area contributed by atoms with Crippen molar-refractivity contribution in [1.29, 1.82) is 0 Å². The van der Waals surface area contributed by atoms with Crippen molar-refractivity contribution in [3.63, 3.8) is 0 Å². The number of aromatic nitrogens is 2. The van der Waals surface area contributed by atoms with E-state index in [0.717, 1.165) is 31.5 Å². The summed E-state index contributed by atoms with van der Waals surface area (Å²) in [7, 11) is 0. The maximum Gasteiger partial charge on any atom is 0.225 e. The van der Waals surface area contributed by atoms with Gasteiger partial charge in [-0.25, -0.2) is 9.97 Å². The van der Waals surface area contributed by atoms with Crippen molar-refractivity contribution in [2.45, 2.75) is 57.7 Å². The first-order valence-electron chi connectivity index (χ1n) is 7.17. The van der Waals surface area contributed by atoms with Crippen molar-refractivity contribution in [1.82, 2.24) is 15.3 Å². The van der Waals surface area contributed by atoms with E-state index < -0.39 is 0 Å². The minimum Gasteiger partial charge on any atom is -0.338 e. The minimum absolute atomic E-state index is 0.695. The number of nitrogens with zero attached hydrogens (tertiary/aromatic N) is 3. The van der Waals surface area contributed by atoms with Crippen molar-refractivity contribution in [2.24, 2.45) is 0 Å². The Labute approximate surface area is 109 Å². The lowest BCUT2D eigenvalue weighted by Crippen LogP contribution is -2.28. The second kappa shape index (κ2) is 5.22. The molecule has 2 saturated carbocycles. The Morgan fingerprint density at radius 2 is 1.94 bits per heavy atom. The van der Waals surface area contributed by atoms with E-state index in [1.807, 2.05) is 12.4 Å². The van der Waals surface area contributed by atoms with Crippen LogP contribution in [0.2, 0.25) is 0 Å². The zero-order valence-corrected chi connectivity index (χ0v) is 11.1. The molecule has 2 aliphatic rings. The summed E-state index contributed by atoms with van der Waals surface area (Å²) in [6.07, 6.45) is 10.4. The van der Waals surface area contributed by atoms with E-state index in [9.17, 15) is 0 Å². The largest absolute Gasteiger partial charge is 0.338 e. The Morgan fingerprint density at radius 3 is 2.50 bits per heavy atom. The van der Waals surface area contributed by atoms with E-state index in [1.54, 1.807) is 0 Å². The van der Waals surface area contributed by atoms with Gasteiger partial charge in [-0.3, -0.25) is 0 Å². The third-order valence-electron chi connectivity index (χ3n) is 3.57. The van der Waals surface area contributed by atoms with Gasteiger partial charge in [0.15, 0.2) is 0 Å². The molecule has 4 nitrogen and oxygen atoms in total. The van der Waals surface area contributed by atoms with Crippen molar-refractivity contribution >= 4 is 5.95 Å². The Kier molecular flexibility index (Phi) is 3.46. The standard InChI is InChI=1S/C14H22N4/c1-2-7-18(13-5-6-13)14-16-9-11(10-17-14)8-15-12-3-4-12/h9-10,12-13,15H,2-8H2,1H3. The van der Waals surface area contributed by atoms with Gasteiger partial charge in [0, 0.05) is 43.1 Å². The molecule has 0 saturated heterocycles. The van der Waals surface area contributed by atoms with Gasteiger partial charge in [-0.15, -0.1) is 0 Å². The molecule has 1 aromatic rings. The zero-order chi connectivity index (χ0) is 12.4. The Morgan fingerprint density at radius 1 is 1.22 bits per heavy atom. The molecule has 98 valence electrons. The van der Waals surface area contributed by atoms with E-state index >= 15 is 0 Å². The van der Waals surface area contributed by atoms with Crippen LogP contribution in [-0.2, 0) is 6.54 Å². The van der Waals surface area contributed by atoms with Crippen molar-refractivity contribution < 1.29 is 0 Å². The molecule has 2 fully saturated rings. The van der Waals surface area contributed by atoms with Gasteiger partial charge in [0.1, 0.15) is 0 Å². The summed E-state index contributed by atoms with van der Waals surface area (Å²) in [5.74, 6) is 0.912. The third kappa shape index (κ3) is 2.99. The summed E-state index contributed by atoms with van der Waals surface area (Å²) < 4.78 is 0. The first kappa shape index (κ1) is 11.9. The van der Waals surface area contributed by atoms with Gasteiger partial charge in [-0.1, -0.05) is 6.92 Å². The lowest BCUT2D eigenvalue weighted by molar-refractivity contribution is 0.679. The summed E-state index contributed by atoms with van der Waals surface area (Å²) in [6.45, 7) is 4.19. The molecule has 0 amide bonds. The van der Waals surface area contributed by atoms with E-state index in [4.69, 9.17) is 0 Å². The van der Waals surface area contributed by atoms with Crippen LogP contribution in [0.25, 0.3) is 0 Å². The van der Waals surface area contributed by atoms with Crippen LogP contribution < -0.4 is 10.2 Å². The van der Waals surface area contributed by atoms with Crippen molar-refractivity contribution in [3.8, 4) is 0 Å². The van der Waals surface area contributed by atoms with Crippen LogP contribution in [0.15, 0.2) is 12.4 Å². The van der Waals surface area contributed by atoms with E-state index in [0.29, 0.717) is 6.04 Å².